The van der Waals surface area contributed by atoms with E-state index in [0.29, 0.717) is 0 Å². The molecule has 1 aliphatic rings. The zero-order valence-electron chi connectivity index (χ0n) is 6.77. The summed E-state index contributed by atoms with van der Waals surface area (Å²) in [7, 11) is 0. The van der Waals surface area contributed by atoms with Crippen LogP contribution in [-0.2, 0) is 14.3 Å². The zero-order chi connectivity index (χ0) is 9.52. The van der Waals surface area contributed by atoms with Gasteiger partial charge in [0.15, 0.2) is 6.10 Å². The van der Waals surface area contributed by atoms with Crippen molar-refractivity contribution in [3.05, 3.63) is 0 Å². The highest BCUT2D eigenvalue weighted by molar-refractivity contribution is 5.87. The number of hydrogen-bond acceptors (Lipinski definition) is 4. The molecule has 1 fully saturated rings. The predicted molar refractivity (Wildman–Crippen MR) is 37.3 cm³/mol. The molecule has 1 heterocycles. The molecule has 68 valence electrons. The molecule has 0 aliphatic carbocycles. The van der Waals surface area contributed by atoms with Crippen LogP contribution in [-0.4, -0.2) is 33.9 Å². The number of hydrogen-bond donors (Lipinski definition) is 2. The third-order valence-electron chi connectivity index (χ3n) is 1.94. The smallest absolute Gasteiger partial charge is 0.336 e. The van der Waals surface area contributed by atoms with E-state index >= 15 is 0 Å². The summed E-state index contributed by atoms with van der Waals surface area (Å²) in [6.45, 7) is 2.92. The molecule has 5 heteroatoms. The first-order valence-electron chi connectivity index (χ1n) is 3.50. The molecule has 5 nitrogen and oxygen atoms in total. The van der Waals surface area contributed by atoms with Gasteiger partial charge in [-0.1, -0.05) is 0 Å². The lowest BCUT2D eigenvalue weighted by molar-refractivity contribution is -0.151. The summed E-state index contributed by atoms with van der Waals surface area (Å²) >= 11 is 0. The van der Waals surface area contributed by atoms with E-state index in [1.165, 1.54) is 13.8 Å². The second-order valence-corrected chi connectivity index (χ2v) is 3.29. The predicted octanol–water partition coefficient (Wildman–Crippen LogP) is -0.616. The van der Waals surface area contributed by atoms with Crippen molar-refractivity contribution in [3.63, 3.8) is 0 Å². The quantitative estimate of drug-likeness (QED) is 0.518. The Hall–Kier alpha value is -1.10. The molecule has 0 aromatic carbocycles. The Kier molecular flexibility index (Phi) is 1.83. The van der Waals surface area contributed by atoms with Crippen molar-refractivity contribution in [1.82, 2.24) is 0 Å². The fraction of sp³-hybridized carbons (Fsp3) is 0.714. The van der Waals surface area contributed by atoms with Crippen LogP contribution in [0.2, 0.25) is 0 Å². The number of carbonyl (C=O) groups is 2. The van der Waals surface area contributed by atoms with Gasteiger partial charge in [-0.3, -0.25) is 4.79 Å². The van der Waals surface area contributed by atoms with Crippen LogP contribution in [0, 0.1) is 5.92 Å². The van der Waals surface area contributed by atoms with E-state index in [1.807, 2.05) is 0 Å². The molecule has 1 rings (SSSR count). The minimum atomic E-state index is -1.54. The van der Waals surface area contributed by atoms with Gasteiger partial charge >= 0.3 is 11.9 Å². The van der Waals surface area contributed by atoms with Crippen molar-refractivity contribution >= 4 is 11.9 Å². The van der Waals surface area contributed by atoms with Crippen LogP contribution >= 0.6 is 0 Å². The van der Waals surface area contributed by atoms with Crippen molar-refractivity contribution in [2.45, 2.75) is 25.6 Å². The molecule has 1 saturated heterocycles. The molecule has 0 aromatic heterocycles. The first-order valence-corrected chi connectivity index (χ1v) is 3.50. The largest absolute Gasteiger partial charge is 0.481 e. The highest BCUT2D eigenvalue weighted by Gasteiger charge is 2.53. The summed E-state index contributed by atoms with van der Waals surface area (Å²) in [5, 5.41) is 17.8. The maximum atomic E-state index is 10.8. The van der Waals surface area contributed by atoms with E-state index in [2.05, 4.69) is 4.74 Å². The van der Waals surface area contributed by atoms with Crippen LogP contribution < -0.4 is 0 Å². The summed E-state index contributed by atoms with van der Waals surface area (Å²) in [6.07, 6.45) is -1.54. The van der Waals surface area contributed by atoms with E-state index in [0.717, 1.165) is 0 Å². The monoisotopic (exact) mass is 174 g/mol. The highest BCUT2D eigenvalue weighted by atomic mass is 16.6. The molecule has 0 radical (unpaired) electrons. The van der Waals surface area contributed by atoms with Gasteiger partial charge in [-0.2, -0.15) is 0 Å². The van der Waals surface area contributed by atoms with E-state index in [1.54, 1.807) is 0 Å². The highest BCUT2D eigenvalue weighted by Crippen LogP contribution is 2.32. The SMILES string of the molecule is CC1(C)OC(=O)C(O)C1C(=O)O. The maximum Gasteiger partial charge on any atom is 0.336 e. The van der Waals surface area contributed by atoms with Gasteiger partial charge < -0.3 is 14.9 Å². The third kappa shape index (κ3) is 1.16. The Bertz CT molecular complexity index is 232. The lowest BCUT2D eigenvalue weighted by Crippen LogP contribution is -2.38. The number of carbonyl (C=O) groups excluding carboxylic acids is 1. The van der Waals surface area contributed by atoms with Gasteiger partial charge in [-0.05, 0) is 13.8 Å². The zero-order valence-corrected chi connectivity index (χ0v) is 6.77. The molecule has 0 aromatic rings. The molecule has 2 N–H and O–H groups in total. The number of cyclic esters (lactones) is 1. The maximum absolute atomic E-state index is 10.8. The van der Waals surface area contributed by atoms with Crippen molar-refractivity contribution in [1.29, 1.82) is 0 Å². The van der Waals surface area contributed by atoms with Gasteiger partial charge in [-0.15, -0.1) is 0 Å². The second kappa shape index (κ2) is 2.45. The molecule has 12 heavy (non-hydrogen) atoms. The second-order valence-electron chi connectivity index (χ2n) is 3.29. The average molecular weight is 174 g/mol. The van der Waals surface area contributed by atoms with Crippen molar-refractivity contribution in [2.24, 2.45) is 5.92 Å². The molecular weight excluding hydrogens is 164 g/mol. The van der Waals surface area contributed by atoms with Crippen LogP contribution in [0.1, 0.15) is 13.8 Å². The summed E-state index contributed by atoms with van der Waals surface area (Å²) < 4.78 is 4.67. The molecule has 0 saturated carbocycles. The van der Waals surface area contributed by atoms with Crippen molar-refractivity contribution in [2.75, 3.05) is 0 Å². The number of esters is 1. The van der Waals surface area contributed by atoms with Gasteiger partial charge in [0.05, 0.1) is 0 Å². The average Bonchev–Trinajstić information content (AvgIpc) is 2.01. The number of carboxylic acid groups (broad SMARTS) is 1. The number of aliphatic carboxylic acids is 1. The molecular formula is C7H10O5. The van der Waals surface area contributed by atoms with Gasteiger partial charge in [-0.25, -0.2) is 4.79 Å². The van der Waals surface area contributed by atoms with Crippen LogP contribution in [0.3, 0.4) is 0 Å². The normalized spacial score (nSPS) is 33.1. The van der Waals surface area contributed by atoms with Crippen molar-refractivity contribution in [3.8, 4) is 0 Å². The Labute approximate surface area is 68.9 Å². The molecule has 0 amide bonds. The van der Waals surface area contributed by atoms with Crippen LogP contribution in [0.25, 0.3) is 0 Å². The Morgan fingerprint density at radius 2 is 2.08 bits per heavy atom. The van der Waals surface area contributed by atoms with E-state index in [9.17, 15) is 9.59 Å². The standard InChI is InChI=1S/C7H10O5/c1-7(2)3(5(9)10)4(8)6(11)12-7/h3-4,8H,1-2H3,(H,9,10). The Morgan fingerprint density at radius 1 is 1.58 bits per heavy atom. The van der Waals surface area contributed by atoms with Gasteiger partial charge in [0.25, 0.3) is 0 Å². The molecule has 2 unspecified atom stereocenters. The minimum absolute atomic E-state index is 0.868. The Morgan fingerprint density at radius 3 is 2.25 bits per heavy atom. The topological polar surface area (TPSA) is 83.8 Å². The Balaban J connectivity index is 2.96. The van der Waals surface area contributed by atoms with Gasteiger partial charge in [0.2, 0.25) is 0 Å². The summed E-state index contributed by atoms with van der Waals surface area (Å²) in [4.78, 5) is 21.3. The third-order valence-corrected chi connectivity index (χ3v) is 1.94. The molecule has 1 aliphatic heterocycles. The molecule has 0 spiro atoms. The number of rotatable bonds is 1. The number of ether oxygens (including phenoxy) is 1. The number of carboxylic acids is 1. The summed E-state index contributed by atoms with van der Waals surface area (Å²) in [5.74, 6) is -3.27. The minimum Gasteiger partial charge on any atom is -0.481 e. The first-order chi connectivity index (χ1) is 5.36. The number of aliphatic hydroxyl groups excluding tert-OH is 1. The van der Waals surface area contributed by atoms with E-state index in [-0.39, 0.29) is 0 Å². The van der Waals surface area contributed by atoms with Crippen molar-refractivity contribution < 1.29 is 24.5 Å². The summed E-state index contributed by atoms with van der Waals surface area (Å²) in [5.41, 5.74) is -1.12. The number of aliphatic hydroxyl groups is 1. The first kappa shape index (κ1) is 8.99. The molecule has 2 atom stereocenters. The van der Waals surface area contributed by atoms with E-state index in [4.69, 9.17) is 10.2 Å². The summed E-state index contributed by atoms with van der Waals surface area (Å²) in [6, 6.07) is 0. The molecule has 0 bridgehead atoms. The van der Waals surface area contributed by atoms with Crippen LogP contribution in [0.15, 0.2) is 0 Å². The van der Waals surface area contributed by atoms with Gasteiger partial charge in [0.1, 0.15) is 11.5 Å². The van der Waals surface area contributed by atoms with Gasteiger partial charge in [0, 0.05) is 0 Å². The fourth-order valence-corrected chi connectivity index (χ4v) is 1.33. The lowest BCUT2D eigenvalue weighted by Gasteiger charge is -2.21. The fourth-order valence-electron chi connectivity index (χ4n) is 1.33. The van der Waals surface area contributed by atoms with E-state index < -0.39 is 29.6 Å². The lowest BCUT2D eigenvalue weighted by atomic mass is 9.89. The van der Waals surface area contributed by atoms with Crippen LogP contribution in [0.5, 0.6) is 0 Å². The van der Waals surface area contributed by atoms with Crippen LogP contribution in [0.4, 0.5) is 0 Å².